The highest BCUT2D eigenvalue weighted by Gasteiger charge is 2.21. The van der Waals surface area contributed by atoms with Crippen LogP contribution in [0.3, 0.4) is 0 Å². The number of benzene rings is 4. The zero-order chi connectivity index (χ0) is 27.9. The lowest BCUT2D eigenvalue weighted by molar-refractivity contribution is -0.117. The Balaban J connectivity index is 1.45. The van der Waals surface area contributed by atoms with Gasteiger partial charge in [-0.2, -0.15) is 0 Å². The summed E-state index contributed by atoms with van der Waals surface area (Å²) in [6.45, 7) is 0.117. The van der Waals surface area contributed by atoms with Gasteiger partial charge in [0.25, 0.3) is 5.91 Å². The molecule has 0 saturated carbocycles. The summed E-state index contributed by atoms with van der Waals surface area (Å²) >= 11 is 6.08. The summed E-state index contributed by atoms with van der Waals surface area (Å²) in [6, 6.07) is 33.3. The van der Waals surface area contributed by atoms with Crippen LogP contribution in [-0.4, -0.2) is 39.9 Å². The van der Waals surface area contributed by atoms with Crippen LogP contribution in [0.2, 0.25) is 5.02 Å². The highest BCUT2D eigenvalue weighted by molar-refractivity contribution is 6.30. The second-order valence-electron chi connectivity index (χ2n) is 9.09. The van der Waals surface area contributed by atoms with E-state index in [-0.39, 0.29) is 24.9 Å². The SMILES string of the molecule is COc1cccc(-n2cc(-c3ccc(Cl)cc3)nc2NC(=O)CN(Cc2ccccc2)C(=O)c2ccccc2)c1. The van der Waals surface area contributed by atoms with Crippen molar-refractivity contribution in [3.8, 4) is 22.7 Å². The van der Waals surface area contributed by atoms with Crippen molar-refractivity contribution < 1.29 is 14.3 Å². The quantitative estimate of drug-likeness (QED) is 0.228. The Morgan fingerprint density at radius 2 is 1.60 bits per heavy atom. The Bertz CT molecular complexity index is 1600. The van der Waals surface area contributed by atoms with Crippen molar-refractivity contribution in [3.05, 3.63) is 132 Å². The largest absolute Gasteiger partial charge is 0.497 e. The Kier molecular flexibility index (Phi) is 8.23. The fraction of sp³-hybridized carbons (Fsp3) is 0.0938. The lowest BCUT2D eigenvalue weighted by atomic mass is 10.1. The summed E-state index contributed by atoms with van der Waals surface area (Å²) < 4.78 is 7.18. The summed E-state index contributed by atoms with van der Waals surface area (Å²) in [6.07, 6.45) is 1.84. The van der Waals surface area contributed by atoms with Crippen LogP contribution in [0.15, 0.2) is 115 Å². The van der Waals surface area contributed by atoms with Crippen LogP contribution in [0.5, 0.6) is 5.75 Å². The summed E-state index contributed by atoms with van der Waals surface area (Å²) in [5.74, 6) is 0.365. The van der Waals surface area contributed by atoms with Crippen LogP contribution in [0.4, 0.5) is 5.95 Å². The van der Waals surface area contributed by atoms with Gasteiger partial charge in [-0.1, -0.05) is 78.3 Å². The molecule has 5 rings (SSSR count). The maximum Gasteiger partial charge on any atom is 0.254 e. The van der Waals surface area contributed by atoms with E-state index >= 15 is 0 Å². The average Bonchev–Trinajstić information content (AvgIpc) is 3.41. The van der Waals surface area contributed by atoms with Crippen molar-refractivity contribution in [1.82, 2.24) is 14.5 Å². The molecule has 1 aromatic heterocycles. The summed E-state index contributed by atoms with van der Waals surface area (Å²) in [5, 5.41) is 3.54. The molecule has 1 N–H and O–H groups in total. The lowest BCUT2D eigenvalue weighted by Crippen LogP contribution is -2.38. The molecule has 0 atom stereocenters. The van der Waals surface area contributed by atoms with Gasteiger partial charge in [-0.3, -0.25) is 19.5 Å². The minimum atomic E-state index is -0.377. The molecule has 0 saturated heterocycles. The monoisotopic (exact) mass is 550 g/mol. The smallest absolute Gasteiger partial charge is 0.254 e. The molecule has 0 unspecified atom stereocenters. The normalized spacial score (nSPS) is 10.7. The predicted octanol–water partition coefficient (Wildman–Crippen LogP) is 6.48. The van der Waals surface area contributed by atoms with E-state index in [0.29, 0.717) is 28.0 Å². The minimum absolute atomic E-state index is 0.163. The van der Waals surface area contributed by atoms with Crippen molar-refractivity contribution in [2.24, 2.45) is 0 Å². The van der Waals surface area contributed by atoms with Crippen molar-refractivity contribution in [3.63, 3.8) is 0 Å². The maximum atomic E-state index is 13.4. The number of hydrogen-bond donors (Lipinski definition) is 1. The Hall–Kier alpha value is -4.88. The molecule has 0 aliphatic rings. The molecule has 0 bridgehead atoms. The summed E-state index contributed by atoms with van der Waals surface area (Å²) in [4.78, 5) is 33.1. The molecular weight excluding hydrogens is 524 g/mol. The standard InChI is InChI=1S/C32H27ClN4O3/c1-40-28-14-8-13-27(19-28)37-21-29(24-15-17-26(33)18-16-24)34-32(37)35-30(38)22-36(20-23-9-4-2-5-10-23)31(39)25-11-6-3-7-12-25/h2-19,21H,20,22H2,1H3,(H,34,35,38). The molecular formula is C32H27ClN4O3. The third-order valence-corrected chi connectivity index (χ3v) is 6.54. The van der Waals surface area contributed by atoms with Crippen LogP contribution in [0.25, 0.3) is 16.9 Å². The number of aromatic nitrogens is 2. The van der Waals surface area contributed by atoms with Gasteiger partial charge in [0.15, 0.2) is 0 Å². The second kappa shape index (κ2) is 12.3. The van der Waals surface area contributed by atoms with Gasteiger partial charge < -0.3 is 9.64 Å². The van der Waals surface area contributed by atoms with Gasteiger partial charge in [0, 0.05) is 35.0 Å². The van der Waals surface area contributed by atoms with E-state index in [0.717, 1.165) is 16.8 Å². The van der Waals surface area contributed by atoms with Crippen LogP contribution in [0, 0.1) is 0 Å². The average molecular weight is 551 g/mol. The summed E-state index contributed by atoms with van der Waals surface area (Å²) in [5.41, 5.74) is 3.67. The fourth-order valence-electron chi connectivity index (χ4n) is 4.29. The number of carbonyl (C=O) groups excluding carboxylic acids is 2. The molecule has 0 aliphatic carbocycles. The van der Waals surface area contributed by atoms with Gasteiger partial charge in [0.05, 0.1) is 18.5 Å². The molecule has 40 heavy (non-hydrogen) atoms. The number of anilines is 1. The number of carbonyl (C=O) groups is 2. The van der Waals surface area contributed by atoms with E-state index in [9.17, 15) is 9.59 Å². The van der Waals surface area contributed by atoms with Crippen molar-refractivity contribution in [2.75, 3.05) is 19.0 Å². The highest BCUT2D eigenvalue weighted by atomic mass is 35.5. The second-order valence-corrected chi connectivity index (χ2v) is 9.53. The molecule has 4 aromatic carbocycles. The van der Waals surface area contributed by atoms with E-state index in [1.807, 2.05) is 79.0 Å². The van der Waals surface area contributed by atoms with E-state index < -0.39 is 0 Å². The molecule has 200 valence electrons. The number of nitrogens with one attached hydrogen (secondary N) is 1. The third kappa shape index (κ3) is 6.39. The van der Waals surface area contributed by atoms with E-state index in [1.54, 1.807) is 48.1 Å². The zero-order valence-electron chi connectivity index (χ0n) is 21.8. The Morgan fingerprint density at radius 3 is 2.30 bits per heavy atom. The topological polar surface area (TPSA) is 76.5 Å². The Morgan fingerprint density at radius 1 is 0.900 bits per heavy atom. The number of methoxy groups -OCH3 is 1. The van der Waals surface area contributed by atoms with Gasteiger partial charge >= 0.3 is 0 Å². The maximum absolute atomic E-state index is 13.4. The molecule has 0 fully saturated rings. The van der Waals surface area contributed by atoms with Gasteiger partial charge in [0.1, 0.15) is 12.3 Å². The highest BCUT2D eigenvalue weighted by Crippen LogP contribution is 2.27. The first-order chi connectivity index (χ1) is 19.5. The lowest BCUT2D eigenvalue weighted by Gasteiger charge is -2.22. The number of hydrogen-bond acceptors (Lipinski definition) is 4. The molecule has 1 heterocycles. The Labute approximate surface area is 237 Å². The predicted molar refractivity (Wildman–Crippen MR) is 157 cm³/mol. The summed E-state index contributed by atoms with van der Waals surface area (Å²) in [7, 11) is 1.60. The van der Waals surface area contributed by atoms with E-state index in [1.165, 1.54) is 4.90 Å². The molecule has 0 radical (unpaired) electrons. The number of ether oxygens (including phenoxy) is 1. The van der Waals surface area contributed by atoms with Gasteiger partial charge in [0.2, 0.25) is 11.9 Å². The molecule has 7 nitrogen and oxygen atoms in total. The molecule has 0 spiro atoms. The number of imidazole rings is 1. The third-order valence-electron chi connectivity index (χ3n) is 6.29. The van der Waals surface area contributed by atoms with E-state index in [4.69, 9.17) is 21.3 Å². The van der Waals surface area contributed by atoms with E-state index in [2.05, 4.69) is 5.32 Å². The molecule has 5 aromatic rings. The van der Waals surface area contributed by atoms with Crippen molar-refractivity contribution >= 4 is 29.4 Å². The number of halogens is 1. The first-order valence-electron chi connectivity index (χ1n) is 12.7. The van der Waals surface area contributed by atoms with Crippen molar-refractivity contribution in [1.29, 1.82) is 0 Å². The number of amides is 2. The van der Waals surface area contributed by atoms with Crippen LogP contribution in [-0.2, 0) is 11.3 Å². The number of nitrogens with zero attached hydrogens (tertiary/aromatic N) is 3. The van der Waals surface area contributed by atoms with Crippen LogP contribution in [0.1, 0.15) is 15.9 Å². The molecule has 8 heteroatoms. The minimum Gasteiger partial charge on any atom is -0.497 e. The van der Waals surface area contributed by atoms with Gasteiger partial charge in [-0.25, -0.2) is 4.98 Å². The number of rotatable bonds is 9. The first-order valence-corrected chi connectivity index (χ1v) is 13.1. The molecule has 2 amide bonds. The van der Waals surface area contributed by atoms with Crippen LogP contribution >= 0.6 is 11.6 Å². The van der Waals surface area contributed by atoms with Crippen LogP contribution < -0.4 is 10.1 Å². The van der Waals surface area contributed by atoms with Gasteiger partial charge in [-0.15, -0.1) is 0 Å². The first kappa shape index (κ1) is 26.7. The fourth-order valence-corrected chi connectivity index (χ4v) is 4.42. The zero-order valence-corrected chi connectivity index (χ0v) is 22.6. The molecule has 0 aliphatic heterocycles. The van der Waals surface area contributed by atoms with Gasteiger partial charge in [-0.05, 0) is 42.0 Å². The van der Waals surface area contributed by atoms with Crippen molar-refractivity contribution in [2.45, 2.75) is 6.54 Å².